The van der Waals surface area contributed by atoms with Gasteiger partial charge in [0.05, 0.1) is 0 Å². The van der Waals surface area contributed by atoms with Crippen molar-refractivity contribution in [2.24, 2.45) is 17.6 Å². The standard InChI is InChI=1S/C8H15NO/c1-6-3-2-4-7(5-6)8(9)10/h6-7H,2-5H2,1H3,(H2,9,10)/t6-,7-/m1/s1. The molecule has 0 aromatic rings. The molecule has 1 fully saturated rings. The number of carbonyl (C=O) groups is 1. The molecule has 1 amide bonds. The second-order valence-corrected chi connectivity index (χ2v) is 3.37. The number of rotatable bonds is 1. The molecule has 1 aliphatic rings. The van der Waals surface area contributed by atoms with Gasteiger partial charge in [-0.2, -0.15) is 0 Å². The number of carbonyl (C=O) groups excluding carboxylic acids is 1. The van der Waals surface area contributed by atoms with Gasteiger partial charge in [-0.15, -0.1) is 0 Å². The quantitative estimate of drug-likeness (QED) is 0.587. The number of primary amides is 1. The van der Waals surface area contributed by atoms with E-state index in [0.29, 0.717) is 5.92 Å². The highest BCUT2D eigenvalue weighted by Gasteiger charge is 2.22. The molecule has 0 aromatic carbocycles. The molecular weight excluding hydrogens is 126 g/mol. The fourth-order valence-electron chi connectivity index (χ4n) is 1.69. The van der Waals surface area contributed by atoms with Crippen LogP contribution in [0.2, 0.25) is 0 Å². The van der Waals surface area contributed by atoms with Crippen LogP contribution >= 0.6 is 0 Å². The first-order chi connectivity index (χ1) is 4.70. The van der Waals surface area contributed by atoms with Gasteiger partial charge < -0.3 is 5.73 Å². The van der Waals surface area contributed by atoms with Gasteiger partial charge in [0.2, 0.25) is 5.91 Å². The topological polar surface area (TPSA) is 43.1 Å². The van der Waals surface area contributed by atoms with Crippen LogP contribution in [0.15, 0.2) is 0 Å². The molecule has 2 N–H and O–H groups in total. The Bertz CT molecular complexity index is 133. The molecule has 0 saturated heterocycles. The van der Waals surface area contributed by atoms with E-state index in [4.69, 9.17) is 5.73 Å². The van der Waals surface area contributed by atoms with Gasteiger partial charge in [0.25, 0.3) is 0 Å². The van der Waals surface area contributed by atoms with Crippen LogP contribution in [0.4, 0.5) is 0 Å². The first-order valence-electron chi connectivity index (χ1n) is 3.99. The van der Waals surface area contributed by atoms with E-state index in [2.05, 4.69) is 6.92 Å². The van der Waals surface area contributed by atoms with Crippen LogP contribution in [0, 0.1) is 11.8 Å². The molecule has 10 heavy (non-hydrogen) atoms. The maximum atomic E-state index is 10.7. The minimum Gasteiger partial charge on any atom is -0.369 e. The average molecular weight is 141 g/mol. The highest BCUT2D eigenvalue weighted by molar-refractivity contribution is 5.76. The van der Waals surface area contributed by atoms with Gasteiger partial charge in [-0.05, 0) is 18.8 Å². The molecule has 0 aromatic heterocycles. The van der Waals surface area contributed by atoms with Gasteiger partial charge in [0.15, 0.2) is 0 Å². The Kier molecular flexibility index (Phi) is 2.30. The molecule has 0 aliphatic heterocycles. The minimum absolute atomic E-state index is 0.105. The summed E-state index contributed by atoms with van der Waals surface area (Å²) in [7, 11) is 0. The largest absolute Gasteiger partial charge is 0.369 e. The van der Waals surface area contributed by atoms with Crippen LogP contribution in [0.1, 0.15) is 32.6 Å². The minimum atomic E-state index is -0.105. The summed E-state index contributed by atoms with van der Waals surface area (Å²) in [6.07, 6.45) is 4.47. The highest BCUT2D eigenvalue weighted by atomic mass is 16.1. The normalized spacial score (nSPS) is 33.7. The van der Waals surface area contributed by atoms with Crippen molar-refractivity contribution < 1.29 is 4.79 Å². The van der Waals surface area contributed by atoms with E-state index in [-0.39, 0.29) is 11.8 Å². The second-order valence-electron chi connectivity index (χ2n) is 3.37. The van der Waals surface area contributed by atoms with Gasteiger partial charge in [-0.25, -0.2) is 0 Å². The van der Waals surface area contributed by atoms with Crippen LogP contribution in [-0.4, -0.2) is 5.91 Å². The Morgan fingerprint density at radius 3 is 2.60 bits per heavy atom. The highest BCUT2D eigenvalue weighted by Crippen LogP contribution is 2.27. The Labute approximate surface area is 61.8 Å². The summed E-state index contributed by atoms with van der Waals surface area (Å²) in [5.41, 5.74) is 5.19. The third-order valence-corrected chi connectivity index (χ3v) is 2.34. The second kappa shape index (κ2) is 3.04. The molecule has 0 bridgehead atoms. The zero-order valence-electron chi connectivity index (χ0n) is 6.47. The lowest BCUT2D eigenvalue weighted by Crippen LogP contribution is -2.27. The predicted octanol–water partition coefficient (Wildman–Crippen LogP) is 1.30. The fourth-order valence-corrected chi connectivity index (χ4v) is 1.69. The van der Waals surface area contributed by atoms with Crippen LogP contribution in [0.3, 0.4) is 0 Å². The lowest BCUT2D eigenvalue weighted by atomic mass is 9.82. The van der Waals surface area contributed by atoms with E-state index < -0.39 is 0 Å². The number of amides is 1. The lowest BCUT2D eigenvalue weighted by molar-refractivity contribution is -0.123. The Morgan fingerprint density at radius 1 is 1.50 bits per heavy atom. The van der Waals surface area contributed by atoms with Gasteiger partial charge in [-0.1, -0.05) is 19.8 Å². The molecule has 58 valence electrons. The third-order valence-electron chi connectivity index (χ3n) is 2.34. The molecule has 0 unspecified atom stereocenters. The average Bonchev–Trinajstić information content (AvgIpc) is 1.88. The molecule has 2 heteroatoms. The number of hydrogen-bond acceptors (Lipinski definition) is 1. The predicted molar refractivity (Wildman–Crippen MR) is 40.3 cm³/mol. The van der Waals surface area contributed by atoms with E-state index in [0.717, 1.165) is 12.8 Å². The van der Waals surface area contributed by atoms with Crippen molar-refractivity contribution in [3.63, 3.8) is 0 Å². The first-order valence-corrected chi connectivity index (χ1v) is 3.99. The van der Waals surface area contributed by atoms with Crippen molar-refractivity contribution in [3.8, 4) is 0 Å². The van der Waals surface area contributed by atoms with Crippen molar-refractivity contribution >= 4 is 5.91 Å². The Morgan fingerprint density at radius 2 is 2.20 bits per heavy atom. The number of hydrogen-bond donors (Lipinski definition) is 1. The Balaban J connectivity index is 2.39. The lowest BCUT2D eigenvalue weighted by Gasteiger charge is -2.23. The summed E-state index contributed by atoms with van der Waals surface area (Å²) in [5.74, 6) is 0.765. The van der Waals surface area contributed by atoms with Crippen molar-refractivity contribution in [1.29, 1.82) is 0 Å². The van der Waals surface area contributed by atoms with Crippen LogP contribution < -0.4 is 5.73 Å². The maximum absolute atomic E-state index is 10.7. The van der Waals surface area contributed by atoms with Crippen LogP contribution in [-0.2, 0) is 4.79 Å². The van der Waals surface area contributed by atoms with E-state index in [1.807, 2.05) is 0 Å². The molecule has 0 spiro atoms. The van der Waals surface area contributed by atoms with Crippen molar-refractivity contribution in [3.05, 3.63) is 0 Å². The molecule has 0 radical (unpaired) electrons. The van der Waals surface area contributed by atoms with Crippen molar-refractivity contribution in [2.45, 2.75) is 32.6 Å². The molecule has 1 rings (SSSR count). The summed E-state index contributed by atoms with van der Waals surface area (Å²) in [5, 5.41) is 0. The molecule has 2 nitrogen and oxygen atoms in total. The molecule has 1 saturated carbocycles. The zero-order valence-corrected chi connectivity index (χ0v) is 6.47. The fraction of sp³-hybridized carbons (Fsp3) is 0.875. The summed E-state index contributed by atoms with van der Waals surface area (Å²) in [6.45, 7) is 2.19. The van der Waals surface area contributed by atoms with E-state index in [1.165, 1.54) is 12.8 Å². The Hall–Kier alpha value is -0.530. The SMILES string of the molecule is C[C@@H]1CCC[C@@H](C(N)=O)C1. The van der Waals surface area contributed by atoms with Gasteiger partial charge >= 0.3 is 0 Å². The van der Waals surface area contributed by atoms with Gasteiger partial charge in [0, 0.05) is 5.92 Å². The summed E-state index contributed by atoms with van der Waals surface area (Å²) >= 11 is 0. The zero-order chi connectivity index (χ0) is 7.56. The maximum Gasteiger partial charge on any atom is 0.220 e. The van der Waals surface area contributed by atoms with Crippen molar-refractivity contribution in [2.75, 3.05) is 0 Å². The molecular formula is C8H15NO. The summed E-state index contributed by atoms with van der Waals surface area (Å²) < 4.78 is 0. The summed E-state index contributed by atoms with van der Waals surface area (Å²) in [6, 6.07) is 0. The smallest absolute Gasteiger partial charge is 0.220 e. The monoisotopic (exact) mass is 141 g/mol. The van der Waals surface area contributed by atoms with Crippen molar-refractivity contribution in [1.82, 2.24) is 0 Å². The van der Waals surface area contributed by atoms with E-state index >= 15 is 0 Å². The molecule has 0 heterocycles. The van der Waals surface area contributed by atoms with Crippen LogP contribution in [0.25, 0.3) is 0 Å². The number of nitrogens with two attached hydrogens (primary N) is 1. The molecule has 2 atom stereocenters. The van der Waals surface area contributed by atoms with Crippen LogP contribution in [0.5, 0.6) is 0 Å². The summed E-state index contributed by atoms with van der Waals surface area (Å²) in [4.78, 5) is 10.7. The third kappa shape index (κ3) is 1.72. The molecule has 1 aliphatic carbocycles. The van der Waals surface area contributed by atoms with Gasteiger partial charge in [0.1, 0.15) is 0 Å². The van der Waals surface area contributed by atoms with E-state index in [1.54, 1.807) is 0 Å². The van der Waals surface area contributed by atoms with Gasteiger partial charge in [-0.3, -0.25) is 4.79 Å². The van der Waals surface area contributed by atoms with E-state index in [9.17, 15) is 4.79 Å². The first kappa shape index (κ1) is 7.58.